The van der Waals surface area contributed by atoms with Crippen LogP contribution < -0.4 is 0 Å². The number of furan rings is 1. The van der Waals surface area contributed by atoms with Gasteiger partial charge in [-0.15, -0.1) is 0 Å². The first-order valence-electron chi connectivity index (χ1n) is 6.20. The average Bonchev–Trinajstić information content (AvgIpc) is 2.80. The van der Waals surface area contributed by atoms with Crippen molar-refractivity contribution in [1.82, 2.24) is 0 Å². The smallest absolute Gasteiger partial charge is 0.469 e. The molecule has 0 fully saturated rings. The lowest BCUT2D eigenvalue weighted by atomic mass is 10.4. The molecule has 0 amide bonds. The lowest BCUT2D eigenvalue weighted by Crippen LogP contribution is -2.46. The Kier molecular flexibility index (Phi) is 6.50. The van der Waals surface area contributed by atoms with Crippen LogP contribution in [0.3, 0.4) is 0 Å². The van der Waals surface area contributed by atoms with Crippen molar-refractivity contribution in [1.29, 1.82) is 0 Å². The Morgan fingerprint density at radius 2 is 1.65 bits per heavy atom. The van der Waals surface area contributed by atoms with Crippen LogP contribution in [0, 0.1) is 0 Å². The van der Waals surface area contributed by atoms with Crippen molar-refractivity contribution in [2.24, 2.45) is 0 Å². The summed E-state index contributed by atoms with van der Waals surface area (Å²) in [6, 6.07) is 4.61. The fraction of sp³-hybridized carbons (Fsp3) is 0.667. The Hall–Kier alpha value is -0.623. The quantitative estimate of drug-likeness (QED) is 0.639. The van der Waals surface area contributed by atoms with Crippen LogP contribution in [-0.4, -0.2) is 28.6 Å². The van der Waals surface area contributed by atoms with E-state index in [1.807, 2.05) is 32.9 Å². The van der Waals surface area contributed by atoms with E-state index >= 15 is 0 Å². The summed E-state index contributed by atoms with van der Waals surface area (Å²) in [5, 5.41) is 0. The molecular formula is C12H22O4Si. The molecule has 0 saturated heterocycles. The average molecular weight is 258 g/mol. The summed E-state index contributed by atoms with van der Waals surface area (Å²) in [5.74, 6) is 0.945. The molecule has 0 aromatic carbocycles. The topological polar surface area (TPSA) is 40.8 Å². The molecule has 0 aliphatic carbocycles. The molecule has 0 aliphatic heterocycles. The Bertz CT molecular complexity index is 270. The van der Waals surface area contributed by atoms with Crippen LogP contribution in [0.15, 0.2) is 22.8 Å². The molecule has 1 heterocycles. The first kappa shape index (κ1) is 14.4. The highest BCUT2D eigenvalue weighted by Gasteiger charge is 2.40. The highest BCUT2D eigenvalue weighted by atomic mass is 28.4. The Morgan fingerprint density at radius 3 is 2.06 bits per heavy atom. The second kappa shape index (κ2) is 7.65. The summed E-state index contributed by atoms with van der Waals surface area (Å²) >= 11 is 0. The van der Waals surface area contributed by atoms with Crippen molar-refractivity contribution in [2.75, 3.05) is 19.8 Å². The highest BCUT2D eigenvalue weighted by Crippen LogP contribution is 2.19. The molecule has 1 aromatic heterocycles. The molecule has 0 aliphatic rings. The molecule has 0 saturated carbocycles. The van der Waals surface area contributed by atoms with Gasteiger partial charge < -0.3 is 17.7 Å². The summed E-state index contributed by atoms with van der Waals surface area (Å²) in [6.07, 6.45) is 2.47. The maximum Gasteiger partial charge on any atom is 0.501 e. The number of rotatable bonds is 9. The maximum absolute atomic E-state index is 5.76. The van der Waals surface area contributed by atoms with Crippen LogP contribution in [0.2, 0.25) is 6.04 Å². The van der Waals surface area contributed by atoms with Crippen molar-refractivity contribution < 1.29 is 17.7 Å². The molecule has 0 N–H and O–H groups in total. The van der Waals surface area contributed by atoms with Crippen molar-refractivity contribution >= 4 is 8.80 Å². The molecule has 1 aromatic rings. The first-order chi connectivity index (χ1) is 8.26. The van der Waals surface area contributed by atoms with Crippen LogP contribution in [0.4, 0.5) is 0 Å². The third kappa shape index (κ3) is 4.63. The zero-order valence-electron chi connectivity index (χ0n) is 10.9. The predicted molar refractivity (Wildman–Crippen MR) is 67.9 cm³/mol. The molecule has 5 heteroatoms. The number of hydrogen-bond donors (Lipinski definition) is 0. The minimum absolute atomic E-state index is 0.615. The van der Waals surface area contributed by atoms with Crippen LogP contribution in [0.1, 0.15) is 26.5 Å². The minimum Gasteiger partial charge on any atom is -0.469 e. The van der Waals surface area contributed by atoms with E-state index in [1.54, 1.807) is 6.26 Å². The van der Waals surface area contributed by atoms with Gasteiger partial charge in [0.15, 0.2) is 0 Å². The molecular weight excluding hydrogens is 236 g/mol. The van der Waals surface area contributed by atoms with Crippen molar-refractivity contribution in [2.45, 2.75) is 33.2 Å². The van der Waals surface area contributed by atoms with Gasteiger partial charge in [0.2, 0.25) is 0 Å². The van der Waals surface area contributed by atoms with E-state index in [2.05, 4.69) is 0 Å². The Balaban J connectivity index is 2.59. The summed E-state index contributed by atoms with van der Waals surface area (Å²) in [7, 11) is -2.51. The molecule has 17 heavy (non-hydrogen) atoms. The van der Waals surface area contributed by atoms with Crippen LogP contribution in [0.25, 0.3) is 0 Å². The molecule has 0 spiro atoms. The van der Waals surface area contributed by atoms with E-state index in [0.29, 0.717) is 19.8 Å². The van der Waals surface area contributed by atoms with Crippen molar-refractivity contribution in [3.05, 3.63) is 24.2 Å². The molecule has 98 valence electrons. The highest BCUT2D eigenvalue weighted by molar-refractivity contribution is 6.60. The Morgan fingerprint density at radius 1 is 1.06 bits per heavy atom. The monoisotopic (exact) mass is 258 g/mol. The van der Waals surface area contributed by atoms with Gasteiger partial charge in [0.05, 0.1) is 6.26 Å². The number of aryl methyl sites for hydroxylation is 1. The maximum atomic E-state index is 5.76. The first-order valence-corrected chi connectivity index (χ1v) is 8.13. The van der Waals surface area contributed by atoms with E-state index in [1.165, 1.54) is 0 Å². The van der Waals surface area contributed by atoms with E-state index in [-0.39, 0.29) is 0 Å². The van der Waals surface area contributed by atoms with Gasteiger partial charge in [-0.2, -0.15) is 0 Å². The van der Waals surface area contributed by atoms with Crippen LogP contribution >= 0.6 is 0 Å². The minimum atomic E-state index is -2.51. The SMILES string of the molecule is CCO[Si](CCc1ccco1)(OCC)OCC. The van der Waals surface area contributed by atoms with Gasteiger partial charge in [-0.3, -0.25) is 0 Å². The van der Waals surface area contributed by atoms with Crippen molar-refractivity contribution in [3.63, 3.8) is 0 Å². The van der Waals surface area contributed by atoms with E-state index in [0.717, 1.165) is 18.2 Å². The van der Waals surface area contributed by atoms with Gasteiger partial charge in [0.1, 0.15) is 5.76 Å². The second-order valence-corrected chi connectivity index (χ2v) is 6.29. The fourth-order valence-corrected chi connectivity index (χ4v) is 4.29. The molecule has 0 radical (unpaired) electrons. The van der Waals surface area contributed by atoms with Crippen LogP contribution in [-0.2, 0) is 19.7 Å². The van der Waals surface area contributed by atoms with Gasteiger partial charge in [0, 0.05) is 32.3 Å². The van der Waals surface area contributed by atoms with E-state index < -0.39 is 8.80 Å². The normalized spacial score (nSPS) is 11.9. The van der Waals surface area contributed by atoms with E-state index in [4.69, 9.17) is 17.7 Å². The van der Waals surface area contributed by atoms with Gasteiger partial charge in [-0.05, 0) is 32.9 Å². The summed E-state index contributed by atoms with van der Waals surface area (Å²) in [6.45, 7) is 7.74. The van der Waals surface area contributed by atoms with Gasteiger partial charge in [-0.1, -0.05) is 0 Å². The third-order valence-corrected chi connectivity index (χ3v) is 5.40. The molecule has 0 unspecified atom stereocenters. The van der Waals surface area contributed by atoms with Gasteiger partial charge >= 0.3 is 8.80 Å². The largest absolute Gasteiger partial charge is 0.501 e. The lowest BCUT2D eigenvalue weighted by Gasteiger charge is -2.28. The zero-order chi connectivity index (χ0) is 12.6. The molecule has 0 bridgehead atoms. The zero-order valence-corrected chi connectivity index (χ0v) is 11.9. The summed E-state index contributed by atoms with van der Waals surface area (Å²) < 4.78 is 22.6. The standard InChI is InChI=1S/C12H22O4Si/c1-4-14-17(15-5-2,16-6-3)11-9-12-8-7-10-13-12/h7-8,10H,4-6,9,11H2,1-3H3. The number of hydrogen-bond acceptors (Lipinski definition) is 4. The van der Waals surface area contributed by atoms with Gasteiger partial charge in [0.25, 0.3) is 0 Å². The van der Waals surface area contributed by atoms with Crippen molar-refractivity contribution in [3.8, 4) is 0 Å². The third-order valence-electron chi connectivity index (χ3n) is 2.35. The molecule has 0 atom stereocenters. The lowest BCUT2D eigenvalue weighted by molar-refractivity contribution is 0.0710. The van der Waals surface area contributed by atoms with Crippen LogP contribution in [0.5, 0.6) is 0 Å². The fourth-order valence-electron chi connectivity index (χ4n) is 1.73. The van der Waals surface area contributed by atoms with E-state index in [9.17, 15) is 0 Å². The Labute approximate surface area is 104 Å². The molecule has 1 rings (SSSR count). The summed E-state index contributed by atoms with van der Waals surface area (Å²) in [4.78, 5) is 0. The summed E-state index contributed by atoms with van der Waals surface area (Å²) in [5.41, 5.74) is 0. The predicted octanol–water partition coefficient (Wildman–Crippen LogP) is 2.87. The van der Waals surface area contributed by atoms with Gasteiger partial charge in [-0.25, -0.2) is 0 Å². The molecule has 4 nitrogen and oxygen atoms in total. The second-order valence-electron chi connectivity index (χ2n) is 3.56.